The lowest BCUT2D eigenvalue weighted by Crippen LogP contribution is -2.16. The molecule has 2 nitrogen and oxygen atoms in total. The lowest BCUT2D eigenvalue weighted by molar-refractivity contribution is 0.0728. The average Bonchev–Trinajstić information content (AvgIpc) is 3.19. The lowest BCUT2D eigenvalue weighted by Gasteiger charge is -2.20. The van der Waals surface area contributed by atoms with Gasteiger partial charge in [0, 0.05) is 0 Å². The van der Waals surface area contributed by atoms with Gasteiger partial charge in [0.2, 0.25) is 0 Å². The summed E-state index contributed by atoms with van der Waals surface area (Å²) in [5, 5.41) is 0. The van der Waals surface area contributed by atoms with Gasteiger partial charge in [-0.25, -0.2) is 0 Å². The maximum Gasteiger partial charge on any atom is 0.104 e. The van der Waals surface area contributed by atoms with E-state index >= 15 is 0 Å². The first-order chi connectivity index (χ1) is 7.83. The fourth-order valence-electron chi connectivity index (χ4n) is 2.34. The minimum Gasteiger partial charge on any atom is -0.371 e. The molecule has 1 heterocycles. The van der Waals surface area contributed by atoms with Gasteiger partial charge in [-0.1, -0.05) is 25.2 Å². The minimum absolute atomic E-state index is 0.277. The Kier molecular flexibility index (Phi) is 2.86. The maximum absolute atomic E-state index is 5.75. The van der Waals surface area contributed by atoms with Crippen molar-refractivity contribution in [1.29, 1.82) is 0 Å². The van der Waals surface area contributed by atoms with E-state index in [0.717, 1.165) is 31.5 Å². The van der Waals surface area contributed by atoms with Gasteiger partial charge in [-0.3, -0.25) is 0 Å². The summed E-state index contributed by atoms with van der Waals surface area (Å²) >= 11 is 0. The Morgan fingerprint density at radius 2 is 2.31 bits per heavy atom. The Balaban J connectivity index is 1.47. The predicted octanol–water partition coefficient (Wildman–Crippen LogP) is 2.70. The first-order valence-electron chi connectivity index (χ1n) is 6.44. The number of epoxide rings is 1. The van der Waals surface area contributed by atoms with Crippen LogP contribution >= 0.6 is 0 Å². The van der Waals surface area contributed by atoms with Gasteiger partial charge in [-0.05, 0) is 36.7 Å². The molecule has 0 radical (unpaired) electrons. The van der Waals surface area contributed by atoms with E-state index in [4.69, 9.17) is 9.47 Å². The van der Waals surface area contributed by atoms with Gasteiger partial charge in [0.15, 0.2) is 0 Å². The predicted molar refractivity (Wildman–Crippen MR) is 63.2 cm³/mol. The van der Waals surface area contributed by atoms with Crippen LogP contribution in [-0.2, 0) is 9.47 Å². The molecule has 3 unspecified atom stereocenters. The monoisotopic (exact) mass is 220 g/mol. The Bertz CT molecular complexity index is 311. The molecule has 0 N–H and O–H groups in total. The molecule has 0 aromatic carbocycles. The number of hydrogen-bond donors (Lipinski definition) is 0. The molecule has 2 heteroatoms. The highest BCUT2D eigenvalue weighted by molar-refractivity contribution is 5.27. The van der Waals surface area contributed by atoms with Crippen LogP contribution in [0.5, 0.6) is 0 Å². The number of hydrogen-bond acceptors (Lipinski definition) is 2. The molecule has 0 amide bonds. The Hall–Kier alpha value is -0.600. The zero-order valence-electron chi connectivity index (χ0n) is 9.89. The quantitative estimate of drug-likeness (QED) is 0.664. The summed E-state index contributed by atoms with van der Waals surface area (Å²) in [5.41, 5.74) is 1.52. The molecule has 3 aliphatic rings. The zero-order valence-corrected chi connectivity index (χ0v) is 9.89. The molecular formula is C14H20O2. The third kappa shape index (κ3) is 2.55. The van der Waals surface area contributed by atoms with Gasteiger partial charge in [-0.15, -0.1) is 0 Å². The average molecular weight is 220 g/mol. The van der Waals surface area contributed by atoms with E-state index in [1.165, 1.54) is 18.4 Å². The molecule has 3 atom stereocenters. The van der Waals surface area contributed by atoms with Crippen molar-refractivity contribution in [2.24, 2.45) is 11.8 Å². The van der Waals surface area contributed by atoms with Crippen LogP contribution in [0.3, 0.4) is 0 Å². The lowest BCUT2D eigenvalue weighted by atomic mass is 9.91. The van der Waals surface area contributed by atoms with Crippen molar-refractivity contribution < 1.29 is 9.47 Å². The zero-order chi connectivity index (χ0) is 11.0. The van der Waals surface area contributed by atoms with Crippen LogP contribution in [0, 0.1) is 11.8 Å². The highest BCUT2D eigenvalue weighted by atomic mass is 16.6. The first-order valence-corrected chi connectivity index (χ1v) is 6.44. The highest BCUT2D eigenvalue weighted by Gasteiger charge is 2.30. The Morgan fingerprint density at radius 3 is 2.88 bits per heavy atom. The molecule has 16 heavy (non-hydrogen) atoms. The second-order valence-electron chi connectivity index (χ2n) is 5.25. The van der Waals surface area contributed by atoms with Crippen LogP contribution in [-0.4, -0.2) is 25.4 Å². The molecule has 1 saturated carbocycles. The second-order valence-corrected chi connectivity index (χ2v) is 5.25. The third-order valence-electron chi connectivity index (χ3n) is 3.84. The third-order valence-corrected chi connectivity index (χ3v) is 3.84. The van der Waals surface area contributed by atoms with Gasteiger partial charge in [-0.2, -0.15) is 0 Å². The standard InChI is InChI=1S/C14H20O2/c1-10(11-2-3-11)12-4-6-13(7-5-12)15-8-14-9-16-14/h4-6,10-11,13-14H,2-3,7-9H2,1H3. The van der Waals surface area contributed by atoms with E-state index in [1.54, 1.807) is 0 Å². The summed E-state index contributed by atoms with van der Waals surface area (Å²) < 4.78 is 10.9. The van der Waals surface area contributed by atoms with Crippen molar-refractivity contribution in [2.45, 2.75) is 38.4 Å². The SMILES string of the molecule is CC(C1=CCC(OCC2CO2)C=C1)C1CC1. The van der Waals surface area contributed by atoms with E-state index in [9.17, 15) is 0 Å². The Morgan fingerprint density at radius 1 is 1.50 bits per heavy atom. The van der Waals surface area contributed by atoms with Crippen LogP contribution in [0.25, 0.3) is 0 Å². The topological polar surface area (TPSA) is 21.8 Å². The molecule has 0 aromatic rings. The highest BCUT2D eigenvalue weighted by Crippen LogP contribution is 2.41. The van der Waals surface area contributed by atoms with Gasteiger partial charge in [0.1, 0.15) is 6.10 Å². The molecule has 3 rings (SSSR count). The van der Waals surface area contributed by atoms with E-state index < -0.39 is 0 Å². The summed E-state index contributed by atoms with van der Waals surface area (Å²) in [4.78, 5) is 0. The van der Waals surface area contributed by atoms with E-state index in [2.05, 4.69) is 25.2 Å². The summed E-state index contributed by atoms with van der Waals surface area (Å²) in [7, 11) is 0. The van der Waals surface area contributed by atoms with Crippen LogP contribution in [0.15, 0.2) is 23.8 Å². The summed E-state index contributed by atoms with van der Waals surface area (Å²) in [5.74, 6) is 1.71. The van der Waals surface area contributed by atoms with Gasteiger partial charge in [0.05, 0.1) is 19.3 Å². The van der Waals surface area contributed by atoms with Crippen LogP contribution in [0.1, 0.15) is 26.2 Å². The Labute approximate surface area is 97.3 Å². The normalized spacial score (nSPS) is 34.7. The smallest absolute Gasteiger partial charge is 0.104 e. The van der Waals surface area contributed by atoms with Gasteiger partial charge < -0.3 is 9.47 Å². The van der Waals surface area contributed by atoms with Crippen molar-refractivity contribution in [3.63, 3.8) is 0 Å². The van der Waals surface area contributed by atoms with Crippen LogP contribution < -0.4 is 0 Å². The van der Waals surface area contributed by atoms with Crippen molar-refractivity contribution in [2.75, 3.05) is 13.2 Å². The van der Waals surface area contributed by atoms with Crippen molar-refractivity contribution in [3.8, 4) is 0 Å². The summed E-state index contributed by atoms with van der Waals surface area (Å²) in [6, 6.07) is 0. The molecule has 1 aliphatic heterocycles. The van der Waals surface area contributed by atoms with Crippen molar-refractivity contribution in [3.05, 3.63) is 23.8 Å². The molecule has 1 saturated heterocycles. The van der Waals surface area contributed by atoms with Crippen molar-refractivity contribution in [1.82, 2.24) is 0 Å². The van der Waals surface area contributed by atoms with Gasteiger partial charge in [0.25, 0.3) is 0 Å². The van der Waals surface area contributed by atoms with E-state index in [1.807, 2.05) is 0 Å². The molecule has 88 valence electrons. The fourth-order valence-corrected chi connectivity index (χ4v) is 2.34. The summed E-state index contributed by atoms with van der Waals surface area (Å²) in [6.07, 6.45) is 11.4. The van der Waals surface area contributed by atoms with Crippen LogP contribution in [0.4, 0.5) is 0 Å². The van der Waals surface area contributed by atoms with Crippen LogP contribution in [0.2, 0.25) is 0 Å². The minimum atomic E-state index is 0.277. The number of ether oxygens (including phenoxy) is 2. The first kappa shape index (κ1) is 10.5. The van der Waals surface area contributed by atoms with Crippen molar-refractivity contribution >= 4 is 0 Å². The molecule has 0 spiro atoms. The largest absolute Gasteiger partial charge is 0.371 e. The number of allylic oxidation sites excluding steroid dienone is 2. The van der Waals surface area contributed by atoms with Gasteiger partial charge >= 0.3 is 0 Å². The fraction of sp³-hybridized carbons (Fsp3) is 0.714. The van der Waals surface area contributed by atoms with E-state index in [-0.39, 0.29) is 6.10 Å². The molecular weight excluding hydrogens is 200 g/mol. The molecule has 0 aromatic heterocycles. The number of rotatable bonds is 5. The van der Waals surface area contributed by atoms with E-state index in [0.29, 0.717) is 6.10 Å². The second kappa shape index (κ2) is 4.34. The molecule has 0 bridgehead atoms. The molecule has 2 aliphatic carbocycles. The summed E-state index contributed by atoms with van der Waals surface area (Å²) in [6.45, 7) is 4.00. The maximum atomic E-state index is 5.75. The molecule has 2 fully saturated rings.